The third-order valence-corrected chi connectivity index (χ3v) is 6.87. The van der Waals surface area contributed by atoms with E-state index in [0.717, 1.165) is 30.5 Å². The van der Waals surface area contributed by atoms with E-state index < -0.39 is 17.7 Å². The largest absolute Gasteiger partial charge is 0.399 e. The number of aromatic nitrogens is 5. The normalized spacial score (nSPS) is 12.8. The quantitative estimate of drug-likeness (QED) is 0.184. The minimum Gasteiger partial charge on any atom is -0.383 e. The molecule has 0 radical (unpaired) electrons. The molecule has 1 unspecified atom stereocenters. The highest BCUT2D eigenvalue weighted by molar-refractivity contribution is 8.00. The summed E-state index contributed by atoms with van der Waals surface area (Å²) in [5.74, 6) is -1.62. The fraction of sp³-hybridized carbons (Fsp3) is 0.375. The first-order valence-electron chi connectivity index (χ1n) is 11.7. The van der Waals surface area contributed by atoms with Gasteiger partial charge in [0, 0.05) is 36.1 Å². The van der Waals surface area contributed by atoms with Gasteiger partial charge in [0.25, 0.3) is 0 Å². The molecule has 0 aliphatic carbocycles. The van der Waals surface area contributed by atoms with Crippen molar-refractivity contribution in [3.05, 3.63) is 42.6 Å². The molecule has 8 nitrogen and oxygen atoms in total. The zero-order chi connectivity index (χ0) is 26.7. The summed E-state index contributed by atoms with van der Waals surface area (Å²) in [6.07, 6.45) is 2.93. The lowest BCUT2D eigenvalue weighted by Crippen LogP contribution is -2.16. The van der Waals surface area contributed by atoms with Crippen LogP contribution in [0.4, 0.5) is 29.1 Å². The second-order valence-electron chi connectivity index (χ2n) is 8.62. The van der Waals surface area contributed by atoms with Gasteiger partial charge < -0.3 is 15.8 Å². The summed E-state index contributed by atoms with van der Waals surface area (Å²) in [5, 5.41) is 12.9. The second-order valence-corrected chi connectivity index (χ2v) is 9.40. The first kappa shape index (κ1) is 26.7. The molecule has 0 saturated carbocycles. The number of rotatable bonds is 10. The summed E-state index contributed by atoms with van der Waals surface area (Å²) in [7, 11) is 3.68. The van der Waals surface area contributed by atoms with Gasteiger partial charge >= 0.3 is 6.18 Å². The molecule has 0 fully saturated rings. The summed E-state index contributed by atoms with van der Waals surface area (Å²) < 4.78 is 58.0. The van der Waals surface area contributed by atoms with E-state index >= 15 is 0 Å². The van der Waals surface area contributed by atoms with Gasteiger partial charge in [-0.25, -0.2) is 9.37 Å². The maximum atomic E-state index is 14.8. The Bertz CT molecular complexity index is 1380. The van der Waals surface area contributed by atoms with Crippen LogP contribution in [0.1, 0.15) is 25.8 Å². The van der Waals surface area contributed by atoms with Gasteiger partial charge in [0.05, 0.1) is 28.8 Å². The number of fused-ring (bicyclic) bond motifs is 1. The van der Waals surface area contributed by atoms with Crippen molar-refractivity contribution in [1.82, 2.24) is 29.9 Å². The van der Waals surface area contributed by atoms with Crippen molar-refractivity contribution in [2.24, 2.45) is 7.05 Å². The predicted octanol–water partition coefficient (Wildman–Crippen LogP) is 5.40. The maximum Gasteiger partial charge on any atom is 0.399 e. The summed E-state index contributed by atoms with van der Waals surface area (Å²) in [5.41, 5.74) is 9.39. The molecular formula is C24H28F4N8S. The Hall–Kier alpha value is -3.32. The molecule has 0 aliphatic heterocycles. The lowest BCUT2D eigenvalue weighted by molar-refractivity contribution is -0.105. The molecule has 13 heteroatoms. The summed E-state index contributed by atoms with van der Waals surface area (Å²) in [4.78, 5) is 4.37. The van der Waals surface area contributed by atoms with Gasteiger partial charge in [-0.1, -0.05) is 13.0 Å². The highest BCUT2D eigenvalue weighted by atomic mass is 32.2. The van der Waals surface area contributed by atoms with Crippen LogP contribution in [0.5, 0.6) is 0 Å². The molecule has 1 aromatic carbocycles. The van der Waals surface area contributed by atoms with Crippen molar-refractivity contribution < 1.29 is 17.6 Å². The average molecular weight is 537 g/mol. The molecule has 37 heavy (non-hydrogen) atoms. The number of hydrogen-bond acceptors (Lipinski definition) is 7. The topological polar surface area (TPSA) is 98.6 Å². The SMILES string of the molecule is CCC(CCNC)n1cc(-c2cnc(N)c3c(-c4ccc(NSCC(F)(F)F)c(F)c4)nn(C)c23)cn1. The molecule has 0 saturated heterocycles. The van der Waals surface area contributed by atoms with Gasteiger partial charge in [-0.15, -0.1) is 0 Å². The van der Waals surface area contributed by atoms with E-state index in [9.17, 15) is 17.6 Å². The number of nitrogens with zero attached hydrogens (tertiary/aromatic N) is 5. The molecule has 3 heterocycles. The number of nitrogens with two attached hydrogens (primary N) is 1. The molecule has 4 N–H and O–H groups in total. The van der Waals surface area contributed by atoms with E-state index in [1.54, 1.807) is 30.2 Å². The van der Waals surface area contributed by atoms with Gasteiger partial charge in [0.15, 0.2) is 0 Å². The zero-order valence-electron chi connectivity index (χ0n) is 20.6. The highest BCUT2D eigenvalue weighted by Crippen LogP contribution is 2.38. The zero-order valence-corrected chi connectivity index (χ0v) is 21.4. The van der Waals surface area contributed by atoms with Crippen LogP contribution >= 0.6 is 11.9 Å². The Kier molecular flexibility index (Phi) is 7.93. The summed E-state index contributed by atoms with van der Waals surface area (Å²) >= 11 is 0.371. The minimum atomic E-state index is -4.36. The maximum absolute atomic E-state index is 14.8. The molecule has 198 valence electrons. The Morgan fingerprint density at radius 2 is 1.97 bits per heavy atom. The van der Waals surface area contributed by atoms with Crippen LogP contribution in [0.15, 0.2) is 36.8 Å². The van der Waals surface area contributed by atoms with Gasteiger partial charge in [0.1, 0.15) is 23.1 Å². The Labute approximate surface area is 215 Å². The third kappa shape index (κ3) is 5.82. The van der Waals surface area contributed by atoms with Gasteiger partial charge in [-0.2, -0.15) is 23.4 Å². The standard InChI is InChI=1S/C24H28F4N8S/c1-4-16(7-8-30-2)36-12-15(10-32-36)17-11-31-23(29)20-21(33-35(3)22(17)20)14-5-6-19(18(25)9-14)34-37-13-24(26,27)28/h5-6,9-12,16,30,34H,4,7-8,13H2,1-3H3,(H2,29,31). The number of benzene rings is 1. The molecular weight excluding hydrogens is 508 g/mol. The van der Waals surface area contributed by atoms with Crippen LogP contribution < -0.4 is 15.8 Å². The Balaban J connectivity index is 1.69. The molecule has 4 aromatic rings. The van der Waals surface area contributed by atoms with Crippen LogP contribution in [0.2, 0.25) is 0 Å². The molecule has 1 atom stereocenters. The molecule has 0 aliphatic rings. The summed E-state index contributed by atoms with van der Waals surface area (Å²) in [6.45, 7) is 2.99. The first-order valence-corrected chi connectivity index (χ1v) is 12.7. The molecule has 4 rings (SSSR count). The van der Waals surface area contributed by atoms with E-state index in [0.29, 0.717) is 34.1 Å². The van der Waals surface area contributed by atoms with E-state index in [2.05, 4.69) is 32.1 Å². The first-order chi connectivity index (χ1) is 17.6. The van der Waals surface area contributed by atoms with Crippen molar-refractivity contribution in [2.75, 3.05) is 29.8 Å². The molecule has 0 spiro atoms. The fourth-order valence-corrected chi connectivity index (χ4v) is 4.76. The Morgan fingerprint density at radius 1 is 1.19 bits per heavy atom. The number of halogens is 4. The van der Waals surface area contributed by atoms with Crippen LogP contribution in [0.25, 0.3) is 33.3 Å². The molecule has 0 amide bonds. The van der Waals surface area contributed by atoms with Crippen LogP contribution in [0.3, 0.4) is 0 Å². The smallest absolute Gasteiger partial charge is 0.383 e. The van der Waals surface area contributed by atoms with Crippen LogP contribution in [-0.2, 0) is 7.05 Å². The van der Waals surface area contributed by atoms with Gasteiger partial charge in [-0.05, 0) is 50.5 Å². The van der Waals surface area contributed by atoms with Gasteiger partial charge in [-0.3, -0.25) is 9.36 Å². The number of alkyl halides is 3. The number of hydrogen-bond donors (Lipinski definition) is 3. The van der Waals surface area contributed by atoms with Crippen LogP contribution in [0, 0.1) is 5.82 Å². The summed E-state index contributed by atoms with van der Waals surface area (Å²) in [6, 6.07) is 4.42. The second kappa shape index (κ2) is 11.0. The van der Waals surface area contributed by atoms with Crippen molar-refractivity contribution >= 4 is 34.4 Å². The number of anilines is 2. The highest BCUT2D eigenvalue weighted by Gasteiger charge is 2.27. The number of pyridine rings is 1. The average Bonchev–Trinajstić information content (AvgIpc) is 3.46. The predicted molar refractivity (Wildman–Crippen MR) is 140 cm³/mol. The van der Waals surface area contributed by atoms with E-state index in [1.165, 1.54) is 12.1 Å². The fourth-order valence-electron chi connectivity index (χ4n) is 4.20. The minimum absolute atomic E-state index is 0.0545. The van der Waals surface area contributed by atoms with Crippen molar-refractivity contribution in [2.45, 2.75) is 32.0 Å². The lowest BCUT2D eigenvalue weighted by Gasteiger charge is -2.15. The monoisotopic (exact) mass is 536 g/mol. The Morgan fingerprint density at radius 3 is 2.65 bits per heavy atom. The van der Waals surface area contributed by atoms with Crippen molar-refractivity contribution in [1.29, 1.82) is 0 Å². The molecule has 3 aromatic heterocycles. The van der Waals surface area contributed by atoms with Crippen LogP contribution in [-0.4, -0.2) is 50.1 Å². The van der Waals surface area contributed by atoms with E-state index in [4.69, 9.17) is 5.73 Å². The number of nitrogen functional groups attached to an aromatic ring is 1. The lowest BCUT2D eigenvalue weighted by atomic mass is 10.0. The number of nitrogens with one attached hydrogen (secondary N) is 2. The number of aryl methyl sites for hydroxylation is 1. The van der Waals surface area contributed by atoms with Crippen molar-refractivity contribution in [3.63, 3.8) is 0 Å². The van der Waals surface area contributed by atoms with Crippen molar-refractivity contribution in [3.8, 4) is 22.4 Å². The third-order valence-electron chi connectivity index (χ3n) is 6.04. The van der Waals surface area contributed by atoms with Gasteiger partial charge in [0.2, 0.25) is 0 Å². The van der Waals surface area contributed by atoms with E-state index in [-0.39, 0.29) is 17.5 Å². The molecule has 0 bridgehead atoms. The van der Waals surface area contributed by atoms with E-state index in [1.807, 2.05) is 17.9 Å².